The van der Waals surface area contributed by atoms with Crippen molar-refractivity contribution in [1.82, 2.24) is 4.90 Å². The van der Waals surface area contributed by atoms with Gasteiger partial charge in [0.15, 0.2) is 0 Å². The molecule has 2 fully saturated rings. The Balaban J connectivity index is 1.62. The van der Waals surface area contributed by atoms with Crippen molar-refractivity contribution in [2.45, 2.75) is 31.4 Å². The number of benzene rings is 1. The van der Waals surface area contributed by atoms with Crippen molar-refractivity contribution in [2.75, 3.05) is 46.1 Å². The maximum atomic E-state index is 11.0. The summed E-state index contributed by atoms with van der Waals surface area (Å²) in [4.78, 5) is 2.34. The van der Waals surface area contributed by atoms with Gasteiger partial charge in [-0.25, -0.2) is 0 Å². The highest BCUT2D eigenvalue weighted by Crippen LogP contribution is 2.23. The molecule has 2 aliphatic rings. The van der Waals surface area contributed by atoms with Crippen LogP contribution in [-0.2, 0) is 9.47 Å². The quantitative estimate of drug-likeness (QED) is 0.913. The van der Waals surface area contributed by atoms with Gasteiger partial charge in [0.1, 0.15) is 18.0 Å². The molecular weight excluding hydrogens is 294 g/mol. The molecule has 0 radical (unpaired) electrons. The summed E-state index contributed by atoms with van der Waals surface area (Å²) in [7, 11) is 0. The van der Waals surface area contributed by atoms with Gasteiger partial charge in [0, 0.05) is 32.3 Å². The van der Waals surface area contributed by atoms with E-state index >= 15 is 0 Å². The van der Waals surface area contributed by atoms with Crippen molar-refractivity contribution >= 4 is 0 Å². The highest BCUT2D eigenvalue weighted by atomic mass is 16.5. The van der Waals surface area contributed by atoms with Crippen LogP contribution in [0.25, 0.3) is 0 Å². The van der Waals surface area contributed by atoms with Gasteiger partial charge in [-0.3, -0.25) is 4.90 Å². The summed E-state index contributed by atoms with van der Waals surface area (Å²) < 4.78 is 17.0. The van der Waals surface area contributed by atoms with Gasteiger partial charge < -0.3 is 19.3 Å². The van der Waals surface area contributed by atoms with Crippen LogP contribution >= 0.6 is 0 Å². The number of hydrogen-bond donors (Lipinski definition) is 1. The fourth-order valence-electron chi connectivity index (χ4n) is 3.33. The minimum absolute atomic E-state index is 0.248. The van der Waals surface area contributed by atoms with Gasteiger partial charge >= 0.3 is 0 Å². The summed E-state index contributed by atoms with van der Waals surface area (Å²) in [5.74, 6) is 0.822. The van der Waals surface area contributed by atoms with Crippen LogP contribution in [0.5, 0.6) is 5.75 Å². The first-order chi connectivity index (χ1) is 11.2. The molecule has 0 unspecified atom stereocenters. The van der Waals surface area contributed by atoms with Gasteiger partial charge in [-0.2, -0.15) is 0 Å². The van der Waals surface area contributed by atoms with Crippen molar-refractivity contribution in [3.8, 4) is 5.75 Å². The van der Waals surface area contributed by atoms with E-state index in [1.807, 2.05) is 31.2 Å². The van der Waals surface area contributed by atoms with E-state index in [4.69, 9.17) is 14.2 Å². The average Bonchev–Trinajstić information content (AvgIpc) is 2.77. The van der Waals surface area contributed by atoms with Gasteiger partial charge in [0.25, 0.3) is 0 Å². The van der Waals surface area contributed by atoms with E-state index in [0.717, 1.165) is 43.9 Å². The Labute approximate surface area is 138 Å². The van der Waals surface area contributed by atoms with E-state index in [0.29, 0.717) is 25.8 Å². The summed E-state index contributed by atoms with van der Waals surface area (Å²) in [5.41, 5.74) is 0.101. The topological polar surface area (TPSA) is 51.2 Å². The molecule has 0 spiro atoms. The zero-order valence-electron chi connectivity index (χ0n) is 13.9. The molecule has 1 N–H and O–H groups in total. The van der Waals surface area contributed by atoms with Gasteiger partial charge in [0.05, 0.1) is 13.2 Å². The largest absolute Gasteiger partial charge is 0.490 e. The smallest absolute Gasteiger partial charge is 0.134 e. The van der Waals surface area contributed by atoms with E-state index in [9.17, 15) is 5.11 Å². The zero-order valence-corrected chi connectivity index (χ0v) is 13.9. The van der Waals surface area contributed by atoms with Crippen LogP contribution in [0.15, 0.2) is 24.3 Å². The van der Waals surface area contributed by atoms with Crippen LogP contribution in [-0.4, -0.2) is 67.8 Å². The molecule has 128 valence electrons. The number of hydrogen-bond acceptors (Lipinski definition) is 5. The SMILES string of the molecule is Cc1ccccc1OC[C@@]1(O)COCCN(C2CCOCC2)C1. The lowest BCUT2D eigenvalue weighted by Gasteiger charge is -2.37. The van der Waals surface area contributed by atoms with Crippen LogP contribution in [0.2, 0.25) is 0 Å². The Morgan fingerprint density at radius 3 is 2.78 bits per heavy atom. The third-order valence-electron chi connectivity index (χ3n) is 4.69. The van der Waals surface area contributed by atoms with Crippen LogP contribution in [0.1, 0.15) is 18.4 Å². The number of aliphatic hydroxyl groups is 1. The molecular formula is C18H27NO4. The summed E-state index contributed by atoms with van der Waals surface area (Å²) in [6, 6.07) is 8.35. The fraction of sp³-hybridized carbons (Fsp3) is 0.667. The van der Waals surface area contributed by atoms with E-state index < -0.39 is 5.60 Å². The molecule has 0 saturated carbocycles. The lowest BCUT2D eigenvalue weighted by molar-refractivity contribution is -0.0715. The first kappa shape index (κ1) is 16.7. The fourth-order valence-corrected chi connectivity index (χ4v) is 3.33. The molecule has 2 heterocycles. The maximum absolute atomic E-state index is 11.0. The first-order valence-electron chi connectivity index (χ1n) is 8.47. The number of nitrogens with zero attached hydrogens (tertiary/aromatic N) is 1. The molecule has 0 aromatic heterocycles. The molecule has 1 atom stereocenters. The van der Waals surface area contributed by atoms with E-state index in [1.165, 1.54) is 0 Å². The summed E-state index contributed by atoms with van der Waals surface area (Å²) in [5, 5.41) is 11.0. The van der Waals surface area contributed by atoms with Crippen molar-refractivity contribution in [2.24, 2.45) is 0 Å². The minimum atomic E-state index is -0.975. The average molecular weight is 321 g/mol. The second kappa shape index (κ2) is 7.62. The maximum Gasteiger partial charge on any atom is 0.134 e. The van der Waals surface area contributed by atoms with Crippen molar-refractivity contribution in [1.29, 1.82) is 0 Å². The molecule has 5 nitrogen and oxygen atoms in total. The number of ether oxygens (including phenoxy) is 3. The second-order valence-corrected chi connectivity index (χ2v) is 6.65. The highest BCUT2D eigenvalue weighted by Gasteiger charge is 2.36. The molecule has 0 amide bonds. The predicted molar refractivity (Wildman–Crippen MR) is 87.9 cm³/mol. The Hall–Kier alpha value is -1.14. The van der Waals surface area contributed by atoms with Crippen molar-refractivity contribution in [3.63, 3.8) is 0 Å². The summed E-state index contributed by atoms with van der Waals surface area (Å²) in [6.07, 6.45) is 2.05. The lowest BCUT2D eigenvalue weighted by Crippen LogP contribution is -2.52. The van der Waals surface area contributed by atoms with Crippen molar-refractivity contribution < 1.29 is 19.3 Å². The standard InChI is InChI=1S/C18H27NO4/c1-15-4-2-3-5-17(15)23-14-18(20)12-19(8-11-22-13-18)16-6-9-21-10-7-16/h2-5,16,20H,6-14H2,1H3/t18-/m0/s1. The number of rotatable bonds is 4. The summed E-state index contributed by atoms with van der Waals surface area (Å²) in [6.45, 7) is 6.29. The van der Waals surface area contributed by atoms with Crippen LogP contribution in [0.3, 0.4) is 0 Å². The molecule has 23 heavy (non-hydrogen) atoms. The molecule has 2 saturated heterocycles. The van der Waals surface area contributed by atoms with Crippen LogP contribution in [0.4, 0.5) is 0 Å². The van der Waals surface area contributed by atoms with Gasteiger partial charge in [-0.15, -0.1) is 0 Å². The van der Waals surface area contributed by atoms with E-state index in [2.05, 4.69) is 4.90 Å². The van der Waals surface area contributed by atoms with Crippen molar-refractivity contribution in [3.05, 3.63) is 29.8 Å². The third-order valence-corrected chi connectivity index (χ3v) is 4.69. The highest BCUT2D eigenvalue weighted by molar-refractivity contribution is 5.31. The van der Waals surface area contributed by atoms with Crippen LogP contribution < -0.4 is 4.74 Å². The molecule has 0 bridgehead atoms. The summed E-state index contributed by atoms with van der Waals surface area (Å²) >= 11 is 0. The zero-order chi connectivity index (χ0) is 16.1. The third kappa shape index (κ3) is 4.44. The Morgan fingerprint density at radius 1 is 1.22 bits per heavy atom. The predicted octanol–water partition coefficient (Wildman–Crippen LogP) is 1.62. The first-order valence-corrected chi connectivity index (χ1v) is 8.47. The molecule has 5 heteroatoms. The number of aryl methyl sites for hydroxylation is 1. The Morgan fingerprint density at radius 2 is 2.00 bits per heavy atom. The van der Waals surface area contributed by atoms with Gasteiger partial charge in [0.2, 0.25) is 0 Å². The molecule has 3 rings (SSSR count). The normalized spacial score (nSPS) is 27.6. The van der Waals surface area contributed by atoms with Crippen LogP contribution in [0, 0.1) is 6.92 Å². The number of para-hydroxylation sites is 1. The monoisotopic (exact) mass is 321 g/mol. The molecule has 0 aliphatic carbocycles. The second-order valence-electron chi connectivity index (χ2n) is 6.65. The Kier molecular flexibility index (Phi) is 5.54. The Bertz CT molecular complexity index is 504. The van der Waals surface area contributed by atoms with Gasteiger partial charge in [-0.1, -0.05) is 18.2 Å². The number of β-amino-alcohol motifs (C(OH)–C–C–N with tert-alkyl or cyclic N) is 1. The molecule has 1 aromatic carbocycles. The van der Waals surface area contributed by atoms with E-state index in [-0.39, 0.29) is 6.61 Å². The van der Waals surface area contributed by atoms with Gasteiger partial charge in [-0.05, 0) is 31.4 Å². The lowest BCUT2D eigenvalue weighted by atomic mass is 10.0. The van der Waals surface area contributed by atoms with E-state index in [1.54, 1.807) is 0 Å². The molecule has 1 aromatic rings. The molecule has 2 aliphatic heterocycles. The minimum Gasteiger partial charge on any atom is -0.490 e.